The van der Waals surface area contributed by atoms with Crippen LogP contribution in [0.3, 0.4) is 0 Å². The van der Waals surface area contributed by atoms with Gasteiger partial charge in [0.15, 0.2) is 0 Å². The monoisotopic (exact) mass is 286 g/mol. The maximum atomic E-state index is 10.1. The van der Waals surface area contributed by atoms with Gasteiger partial charge in [-0.05, 0) is 25.2 Å². The molecule has 0 saturated carbocycles. The van der Waals surface area contributed by atoms with E-state index in [0.717, 1.165) is 31.6 Å². The molecule has 2 heteroatoms. The second kappa shape index (κ2) is 15.3. The molecule has 0 amide bonds. The highest BCUT2D eigenvalue weighted by molar-refractivity contribution is 4.65. The van der Waals surface area contributed by atoms with Gasteiger partial charge in [-0.15, -0.1) is 0 Å². The SMILES string of the molecule is CCCCC(CC)CC(O)CCCCCCCCCO. The Balaban J connectivity index is 3.40. The van der Waals surface area contributed by atoms with Crippen LogP contribution in [0.1, 0.15) is 97.3 Å². The summed E-state index contributed by atoms with van der Waals surface area (Å²) in [4.78, 5) is 0. The summed E-state index contributed by atoms with van der Waals surface area (Å²) in [5, 5.41) is 18.8. The lowest BCUT2D eigenvalue weighted by Gasteiger charge is -2.18. The fourth-order valence-electron chi connectivity index (χ4n) is 2.86. The number of aliphatic hydroxyl groups excluding tert-OH is 2. The fourth-order valence-corrected chi connectivity index (χ4v) is 2.86. The molecular formula is C18H38O2. The van der Waals surface area contributed by atoms with Crippen LogP contribution in [0, 0.1) is 5.92 Å². The van der Waals surface area contributed by atoms with E-state index in [-0.39, 0.29) is 6.10 Å². The Morgan fingerprint density at radius 1 is 0.750 bits per heavy atom. The summed E-state index contributed by atoms with van der Waals surface area (Å²) in [7, 11) is 0. The third kappa shape index (κ3) is 12.9. The van der Waals surface area contributed by atoms with Crippen LogP contribution in [-0.2, 0) is 0 Å². The van der Waals surface area contributed by atoms with Gasteiger partial charge in [-0.1, -0.05) is 78.1 Å². The van der Waals surface area contributed by atoms with Gasteiger partial charge in [0, 0.05) is 6.61 Å². The molecular weight excluding hydrogens is 248 g/mol. The van der Waals surface area contributed by atoms with Crippen molar-refractivity contribution < 1.29 is 10.2 Å². The lowest BCUT2D eigenvalue weighted by Crippen LogP contribution is -2.13. The molecule has 0 fully saturated rings. The van der Waals surface area contributed by atoms with E-state index in [2.05, 4.69) is 13.8 Å². The van der Waals surface area contributed by atoms with E-state index in [1.165, 1.54) is 57.8 Å². The van der Waals surface area contributed by atoms with Crippen LogP contribution in [0.5, 0.6) is 0 Å². The number of rotatable bonds is 15. The minimum atomic E-state index is -0.0776. The molecule has 2 nitrogen and oxygen atoms in total. The molecule has 0 bridgehead atoms. The molecule has 2 atom stereocenters. The molecule has 0 saturated heterocycles. The third-order valence-electron chi connectivity index (χ3n) is 4.34. The molecule has 20 heavy (non-hydrogen) atoms. The predicted octanol–water partition coefficient (Wildman–Crippen LogP) is 5.07. The zero-order valence-electron chi connectivity index (χ0n) is 13.9. The van der Waals surface area contributed by atoms with Crippen LogP contribution in [0.4, 0.5) is 0 Å². The van der Waals surface area contributed by atoms with Crippen molar-refractivity contribution in [1.29, 1.82) is 0 Å². The molecule has 0 aliphatic heterocycles. The molecule has 0 rings (SSSR count). The molecule has 0 heterocycles. The Bertz CT molecular complexity index is 182. The molecule has 0 aromatic rings. The smallest absolute Gasteiger partial charge is 0.0542 e. The molecule has 0 spiro atoms. The van der Waals surface area contributed by atoms with E-state index >= 15 is 0 Å². The zero-order chi connectivity index (χ0) is 15.1. The van der Waals surface area contributed by atoms with Gasteiger partial charge >= 0.3 is 0 Å². The van der Waals surface area contributed by atoms with Crippen molar-refractivity contribution in [2.75, 3.05) is 6.61 Å². The molecule has 2 N–H and O–H groups in total. The minimum Gasteiger partial charge on any atom is -0.396 e. The van der Waals surface area contributed by atoms with Gasteiger partial charge < -0.3 is 10.2 Å². The molecule has 2 unspecified atom stereocenters. The van der Waals surface area contributed by atoms with Crippen molar-refractivity contribution in [1.82, 2.24) is 0 Å². The minimum absolute atomic E-state index is 0.0776. The van der Waals surface area contributed by atoms with Gasteiger partial charge in [-0.25, -0.2) is 0 Å². The average Bonchev–Trinajstić information content (AvgIpc) is 2.46. The fraction of sp³-hybridized carbons (Fsp3) is 1.00. The third-order valence-corrected chi connectivity index (χ3v) is 4.34. The largest absolute Gasteiger partial charge is 0.396 e. The summed E-state index contributed by atoms with van der Waals surface area (Å²) < 4.78 is 0. The highest BCUT2D eigenvalue weighted by Gasteiger charge is 2.12. The van der Waals surface area contributed by atoms with Crippen LogP contribution < -0.4 is 0 Å². The van der Waals surface area contributed by atoms with E-state index in [0.29, 0.717) is 6.61 Å². The molecule has 0 aromatic carbocycles. The number of hydrogen-bond acceptors (Lipinski definition) is 2. The van der Waals surface area contributed by atoms with Crippen LogP contribution in [0.15, 0.2) is 0 Å². The van der Waals surface area contributed by atoms with Crippen molar-refractivity contribution >= 4 is 0 Å². The number of unbranched alkanes of at least 4 members (excludes halogenated alkanes) is 7. The maximum absolute atomic E-state index is 10.1. The molecule has 0 aromatic heterocycles. The van der Waals surface area contributed by atoms with Crippen LogP contribution >= 0.6 is 0 Å². The standard InChI is InChI=1S/C18H38O2/c1-3-5-13-17(4-2)16-18(20)14-11-9-7-6-8-10-12-15-19/h17-20H,3-16H2,1-2H3. The number of hydrogen-bond donors (Lipinski definition) is 2. The van der Waals surface area contributed by atoms with E-state index in [1.54, 1.807) is 0 Å². The van der Waals surface area contributed by atoms with E-state index in [1.807, 2.05) is 0 Å². The van der Waals surface area contributed by atoms with Crippen LogP contribution in [-0.4, -0.2) is 22.9 Å². The Hall–Kier alpha value is -0.0800. The van der Waals surface area contributed by atoms with Crippen molar-refractivity contribution in [3.63, 3.8) is 0 Å². The Morgan fingerprint density at radius 3 is 1.90 bits per heavy atom. The second-order valence-corrected chi connectivity index (χ2v) is 6.29. The van der Waals surface area contributed by atoms with Gasteiger partial charge in [0.2, 0.25) is 0 Å². The van der Waals surface area contributed by atoms with Gasteiger partial charge in [0.05, 0.1) is 6.10 Å². The summed E-state index contributed by atoms with van der Waals surface area (Å²) in [5.41, 5.74) is 0. The van der Waals surface area contributed by atoms with Gasteiger partial charge in [0.1, 0.15) is 0 Å². The first kappa shape index (κ1) is 19.9. The van der Waals surface area contributed by atoms with Gasteiger partial charge in [0.25, 0.3) is 0 Å². The Labute approximate surface area is 127 Å². The Morgan fingerprint density at radius 2 is 1.35 bits per heavy atom. The lowest BCUT2D eigenvalue weighted by molar-refractivity contribution is 0.125. The molecule has 0 radical (unpaired) electrons. The maximum Gasteiger partial charge on any atom is 0.0542 e. The van der Waals surface area contributed by atoms with Crippen molar-refractivity contribution in [3.05, 3.63) is 0 Å². The summed E-state index contributed by atoms with van der Waals surface area (Å²) in [6.07, 6.45) is 15.3. The molecule has 0 aliphatic rings. The number of aliphatic hydroxyl groups is 2. The van der Waals surface area contributed by atoms with E-state index in [9.17, 15) is 5.11 Å². The quantitative estimate of drug-likeness (QED) is 0.413. The predicted molar refractivity (Wildman–Crippen MR) is 88.0 cm³/mol. The summed E-state index contributed by atoms with van der Waals surface area (Å²) >= 11 is 0. The van der Waals surface area contributed by atoms with Crippen molar-refractivity contribution in [3.8, 4) is 0 Å². The first-order chi connectivity index (χ1) is 9.74. The van der Waals surface area contributed by atoms with Crippen molar-refractivity contribution in [2.45, 2.75) is 103 Å². The summed E-state index contributed by atoms with van der Waals surface area (Å²) in [5.74, 6) is 0.725. The normalized spacial score (nSPS) is 14.4. The Kier molecular flexibility index (Phi) is 15.3. The topological polar surface area (TPSA) is 40.5 Å². The molecule has 122 valence electrons. The molecule has 0 aliphatic carbocycles. The highest BCUT2D eigenvalue weighted by Crippen LogP contribution is 2.21. The van der Waals surface area contributed by atoms with Crippen molar-refractivity contribution in [2.24, 2.45) is 5.92 Å². The first-order valence-corrected chi connectivity index (χ1v) is 9.03. The second-order valence-electron chi connectivity index (χ2n) is 6.29. The summed E-state index contributed by atoms with van der Waals surface area (Å²) in [6, 6.07) is 0. The van der Waals surface area contributed by atoms with Gasteiger partial charge in [-0.2, -0.15) is 0 Å². The highest BCUT2D eigenvalue weighted by atomic mass is 16.3. The average molecular weight is 286 g/mol. The lowest BCUT2D eigenvalue weighted by atomic mass is 9.91. The van der Waals surface area contributed by atoms with Crippen LogP contribution in [0.25, 0.3) is 0 Å². The van der Waals surface area contributed by atoms with E-state index < -0.39 is 0 Å². The van der Waals surface area contributed by atoms with Gasteiger partial charge in [-0.3, -0.25) is 0 Å². The first-order valence-electron chi connectivity index (χ1n) is 9.03. The summed E-state index contributed by atoms with van der Waals surface area (Å²) in [6.45, 7) is 4.83. The zero-order valence-corrected chi connectivity index (χ0v) is 13.9. The van der Waals surface area contributed by atoms with Crippen LogP contribution in [0.2, 0.25) is 0 Å². The van der Waals surface area contributed by atoms with E-state index in [4.69, 9.17) is 5.11 Å².